The molecule has 16 nitrogen and oxygen atoms in total. The molecule has 0 radical (unpaired) electrons. The third kappa shape index (κ3) is 17.3. The number of methoxy groups -OCH3 is 3. The van der Waals surface area contributed by atoms with Gasteiger partial charge in [0.05, 0.1) is 75.7 Å². The lowest BCUT2D eigenvalue weighted by molar-refractivity contribution is -0.151. The van der Waals surface area contributed by atoms with Gasteiger partial charge in [0.2, 0.25) is 23.6 Å². The molecule has 4 amide bonds. The molecule has 1 heterocycles. The SMILES string of the molecule is CC[C@H](C)[C@@H]([C@@H](CC(=O)N1CCC[C@H]1[C@H](OC)[C@@H](C)C(=O)N[C@@H](Cc1ccccc1)C(=O)OCCOCCOCCOC)OC)N(C)C(=O)[C@@H](NC(=O)[C@H](C(C)C)N(C)C)C(C)C. The minimum Gasteiger partial charge on any atom is -0.462 e. The van der Waals surface area contributed by atoms with E-state index in [2.05, 4.69) is 10.6 Å². The Morgan fingerprint density at radius 2 is 1.41 bits per heavy atom. The second kappa shape index (κ2) is 29.0. The molecule has 63 heavy (non-hydrogen) atoms. The maximum Gasteiger partial charge on any atom is 0.329 e. The summed E-state index contributed by atoms with van der Waals surface area (Å²) in [5, 5.41) is 5.95. The number of amides is 4. The number of likely N-dealkylation sites (N-methyl/N-ethyl adjacent to an activating group) is 2. The topological polar surface area (TPSA) is 175 Å². The van der Waals surface area contributed by atoms with E-state index in [-0.39, 0.29) is 61.5 Å². The second-order valence-electron chi connectivity index (χ2n) is 17.6. The van der Waals surface area contributed by atoms with Crippen molar-refractivity contribution in [3.63, 3.8) is 0 Å². The molecule has 0 saturated carbocycles. The molecule has 0 spiro atoms. The van der Waals surface area contributed by atoms with Crippen LogP contribution in [0, 0.1) is 23.7 Å². The largest absolute Gasteiger partial charge is 0.462 e. The van der Waals surface area contributed by atoms with Gasteiger partial charge >= 0.3 is 5.97 Å². The Kier molecular flexibility index (Phi) is 25.5. The van der Waals surface area contributed by atoms with Crippen molar-refractivity contribution >= 4 is 29.6 Å². The Labute approximate surface area is 377 Å². The lowest BCUT2D eigenvalue weighted by Gasteiger charge is -2.41. The zero-order valence-electron chi connectivity index (χ0n) is 40.6. The highest BCUT2D eigenvalue weighted by atomic mass is 16.6. The average Bonchev–Trinajstić information content (AvgIpc) is 3.73. The van der Waals surface area contributed by atoms with Crippen LogP contribution in [0.4, 0.5) is 0 Å². The molecule has 0 unspecified atom stereocenters. The number of nitrogens with one attached hydrogen (secondary N) is 2. The monoisotopic (exact) mass is 892 g/mol. The van der Waals surface area contributed by atoms with Crippen molar-refractivity contribution < 1.29 is 52.4 Å². The summed E-state index contributed by atoms with van der Waals surface area (Å²) in [6, 6.07) is 6.27. The Hall–Kier alpha value is -3.67. The van der Waals surface area contributed by atoms with E-state index in [1.165, 1.54) is 7.11 Å². The van der Waals surface area contributed by atoms with Crippen molar-refractivity contribution in [2.75, 3.05) is 88.7 Å². The number of hydrogen-bond acceptors (Lipinski definition) is 12. The number of benzene rings is 1. The van der Waals surface area contributed by atoms with Crippen LogP contribution in [0.3, 0.4) is 0 Å². The number of ether oxygens (including phenoxy) is 6. The van der Waals surface area contributed by atoms with Crippen molar-refractivity contribution in [3.05, 3.63) is 35.9 Å². The summed E-state index contributed by atoms with van der Waals surface area (Å²) in [4.78, 5) is 74.9. The van der Waals surface area contributed by atoms with Gasteiger partial charge in [-0.1, -0.05) is 85.2 Å². The van der Waals surface area contributed by atoms with Gasteiger partial charge in [-0.3, -0.25) is 24.1 Å². The smallest absolute Gasteiger partial charge is 0.329 e. The van der Waals surface area contributed by atoms with Gasteiger partial charge in [-0.2, -0.15) is 0 Å². The van der Waals surface area contributed by atoms with E-state index in [9.17, 15) is 24.0 Å². The molecule has 2 N–H and O–H groups in total. The summed E-state index contributed by atoms with van der Waals surface area (Å²) in [5.41, 5.74) is 0.844. The maximum absolute atomic E-state index is 14.4. The summed E-state index contributed by atoms with van der Waals surface area (Å²) >= 11 is 0. The van der Waals surface area contributed by atoms with Gasteiger partial charge in [0.25, 0.3) is 0 Å². The van der Waals surface area contributed by atoms with Crippen LogP contribution >= 0.6 is 0 Å². The average molecular weight is 892 g/mol. The molecule has 0 aromatic heterocycles. The molecule has 9 atom stereocenters. The first-order valence-electron chi connectivity index (χ1n) is 22.7. The molecule has 0 bridgehead atoms. The highest BCUT2D eigenvalue weighted by Gasteiger charge is 2.43. The van der Waals surface area contributed by atoms with E-state index >= 15 is 0 Å². The molecule has 16 heteroatoms. The van der Waals surface area contributed by atoms with Gasteiger partial charge in [0.1, 0.15) is 18.7 Å². The number of hydrogen-bond donors (Lipinski definition) is 2. The van der Waals surface area contributed by atoms with Crippen LogP contribution in [0.2, 0.25) is 0 Å². The quantitative estimate of drug-likeness (QED) is 0.0851. The lowest BCUT2D eigenvalue weighted by Crippen LogP contribution is -2.59. The normalized spacial score (nSPS) is 18.0. The molecule has 2 rings (SSSR count). The summed E-state index contributed by atoms with van der Waals surface area (Å²) in [6.45, 7) is 15.9. The van der Waals surface area contributed by atoms with Crippen LogP contribution in [0.5, 0.6) is 0 Å². The zero-order valence-corrected chi connectivity index (χ0v) is 40.6. The summed E-state index contributed by atoms with van der Waals surface area (Å²) in [6.07, 6.45) is 0.881. The molecular formula is C47H81N5O11. The van der Waals surface area contributed by atoms with Crippen molar-refractivity contribution in [1.82, 2.24) is 25.3 Å². The van der Waals surface area contributed by atoms with Gasteiger partial charge in [0.15, 0.2) is 0 Å². The Morgan fingerprint density at radius 1 is 0.794 bits per heavy atom. The fraction of sp³-hybridized carbons (Fsp3) is 0.766. The van der Waals surface area contributed by atoms with Crippen LogP contribution in [0.15, 0.2) is 30.3 Å². The maximum atomic E-state index is 14.4. The Balaban J connectivity index is 2.23. The fourth-order valence-corrected chi connectivity index (χ4v) is 8.52. The van der Waals surface area contributed by atoms with Crippen LogP contribution < -0.4 is 10.6 Å². The van der Waals surface area contributed by atoms with Gasteiger partial charge in [-0.15, -0.1) is 0 Å². The summed E-state index contributed by atoms with van der Waals surface area (Å²) in [7, 11) is 10.1. The number of nitrogens with zero attached hydrogens (tertiary/aromatic N) is 3. The van der Waals surface area contributed by atoms with E-state index < -0.39 is 60.2 Å². The standard InChI is InChI=1S/C47H81N5O11/c1-14-33(6)42(51(10)46(56)40(31(2)3)49-45(55)41(32(4)5)50(8)9)38(59-12)30-39(53)52-22-18-21-37(52)43(60-13)34(7)44(54)48-36(29-35-19-16-15-17-20-35)47(57)63-28-27-62-26-25-61-24-23-58-11/h15-17,19-20,31-34,36-38,40-43H,14,18,21-30H2,1-13H3,(H,48,54)(H,49,55)/t33-,34+,36-,37-,38+,40-,41-,42-,43+/m0/s1. The van der Waals surface area contributed by atoms with Gasteiger partial charge in [0, 0.05) is 41.3 Å². The van der Waals surface area contributed by atoms with E-state index in [0.717, 1.165) is 5.56 Å². The predicted octanol–water partition coefficient (Wildman–Crippen LogP) is 3.58. The molecule has 1 aliphatic rings. The summed E-state index contributed by atoms with van der Waals surface area (Å²) in [5.74, 6) is -2.61. The van der Waals surface area contributed by atoms with Gasteiger partial charge in [-0.05, 0) is 50.3 Å². The number of rotatable bonds is 30. The molecular weight excluding hydrogens is 811 g/mol. The van der Waals surface area contributed by atoms with E-state index in [1.54, 1.807) is 38.0 Å². The molecule has 1 fully saturated rings. The molecule has 1 aromatic rings. The Morgan fingerprint density at radius 3 is 1.95 bits per heavy atom. The number of likely N-dealkylation sites (tertiary alicyclic amines) is 1. The minimum absolute atomic E-state index is 0.00212. The first-order valence-corrected chi connectivity index (χ1v) is 22.7. The zero-order chi connectivity index (χ0) is 47.2. The fourth-order valence-electron chi connectivity index (χ4n) is 8.52. The van der Waals surface area contributed by atoms with E-state index in [4.69, 9.17) is 28.4 Å². The minimum atomic E-state index is -0.980. The molecule has 0 aliphatic carbocycles. The highest BCUT2D eigenvalue weighted by Crippen LogP contribution is 2.30. The van der Waals surface area contributed by atoms with Crippen LogP contribution in [0.25, 0.3) is 0 Å². The number of esters is 1. The first-order chi connectivity index (χ1) is 29.9. The van der Waals surface area contributed by atoms with Gasteiger partial charge in [-0.25, -0.2) is 4.79 Å². The third-order valence-electron chi connectivity index (χ3n) is 12.1. The predicted molar refractivity (Wildman–Crippen MR) is 242 cm³/mol. The van der Waals surface area contributed by atoms with Gasteiger partial charge < -0.3 is 48.9 Å². The third-order valence-corrected chi connectivity index (χ3v) is 12.1. The number of carbonyl (C=O) groups is 5. The van der Waals surface area contributed by atoms with Crippen molar-refractivity contribution in [2.24, 2.45) is 23.7 Å². The van der Waals surface area contributed by atoms with Crippen LogP contribution in [-0.2, 0) is 58.8 Å². The van der Waals surface area contributed by atoms with Crippen LogP contribution in [-0.4, -0.2) is 175 Å². The molecule has 1 saturated heterocycles. The van der Waals surface area contributed by atoms with Crippen molar-refractivity contribution in [1.29, 1.82) is 0 Å². The van der Waals surface area contributed by atoms with Crippen molar-refractivity contribution in [3.8, 4) is 0 Å². The highest BCUT2D eigenvalue weighted by molar-refractivity contribution is 5.90. The molecule has 1 aromatic carbocycles. The summed E-state index contributed by atoms with van der Waals surface area (Å²) < 4.78 is 33.5. The van der Waals surface area contributed by atoms with E-state index in [1.807, 2.05) is 90.9 Å². The molecule has 1 aliphatic heterocycles. The first kappa shape index (κ1) is 55.5. The Bertz CT molecular complexity index is 1510. The second-order valence-corrected chi connectivity index (χ2v) is 17.6. The number of carbonyl (C=O) groups excluding carboxylic acids is 5. The lowest BCUT2D eigenvalue weighted by atomic mass is 9.89. The van der Waals surface area contributed by atoms with Crippen LogP contribution in [0.1, 0.15) is 79.7 Å². The van der Waals surface area contributed by atoms with Crippen molar-refractivity contribution in [2.45, 2.75) is 123 Å². The molecule has 360 valence electrons. The van der Waals surface area contributed by atoms with E-state index in [0.29, 0.717) is 52.2 Å².